The van der Waals surface area contributed by atoms with E-state index in [0.29, 0.717) is 17.4 Å². The van der Waals surface area contributed by atoms with E-state index in [9.17, 15) is 0 Å². The Morgan fingerprint density at radius 2 is 2.00 bits per heavy atom. The molecule has 0 spiro atoms. The summed E-state index contributed by atoms with van der Waals surface area (Å²) in [5, 5.41) is 0. The van der Waals surface area contributed by atoms with E-state index in [1.165, 1.54) is 0 Å². The lowest BCUT2D eigenvalue weighted by atomic mass is 10.1. The molecule has 2 N–H and O–H groups in total. The minimum Gasteiger partial charge on any atom is -0.493 e. The van der Waals surface area contributed by atoms with Gasteiger partial charge >= 0.3 is 0 Å². The first-order valence-electron chi connectivity index (χ1n) is 6.15. The van der Waals surface area contributed by atoms with E-state index in [2.05, 4.69) is 4.98 Å². The zero-order chi connectivity index (χ0) is 13.8. The van der Waals surface area contributed by atoms with Crippen LogP contribution in [0.2, 0.25) is 0 Å². The molecule has 2 rings (SSSR count). The predicted molar refractivity (Wildman–Crippen MR) is 74.6 cm³/mol. The van der Waals surface area contributed by atoms with Crippen molar-refractivity contribution in [3.8, 4) is 17.4 Å². The number of hydrogen-bond acceptors (Lipinski definition) is 4. The summed E-state index contributed by atoms with van der Waals surface area (Å²) in [6.07, 6.45) is 1.68. The van der Waals surface area contributed by atoms with Crippen LogP contribution in [-0.4, -0.2) is 12.1 Å². The van der Waals surface area contributed by atoms with Crippen molar-refractivity contribution in [3.05, 3.63) is 47.7 Å². The van der Waals surface area contributed by atoms with Gasteiger partial charge < -0.3 is 15.2 Å². The van der Waals surface area contributed by atoms with E-state index in [-0.39, 0.29) is 6.04 Å². The van der Waals surface area contributed by atoms with Gasteiger partial charge in [-0.25, -0.2) is 4.98 Å². The highest BCUT2D eigenvalue weighted by Gasteiger charge is 2.12. The van der Waals surface area contributed by atoms with Crippen molar-refractivity contribution in [1.29, 1.82) is 0 Å². The average Bonchev–Trinajstić information content (AvgIpc) is 2.41. The lowest BCUT2D eigenvalue weighted by Crippen LogP contribution is -2.07. The second-order valence-corrected chi connectivity index (χ2v) is 4.44. The highest BCUT2D eigenvalue weighted by Crippen LogP contribution is 2.33. The van der Waals surface area contributed by atoms with E-state index in [0.717, 1.165) is 11.1 Å². The molecule has 0 bridgehead atoms. The molecule has 2 aromatic rings. The summed E-state index contributed by atoms with van der Waals surface area (Å²) < 4.78 is 11.1. The number of nitrogens with zero attached hydrogens (tertiary/aromatic N) is 1. The maximum Gasteiger partial charge on any atom is 0.224 e. The summed E-state index contributed by atoms with van der Waals surface area (Å²) in [6, 6.07) is 9.37. The Morgan fingerprint density at radius 1 is 1.21 bits per heavy atom. The van der Waals surface area contributed by atoms with Crippen LogP contribution in [0.4, 0.5) is 0 Å². The molecule has 100 valence electrons. The van der Waals surface area contributed by atoms with Gasteiger partial charge in [0.2, 0.25) is 5.88 Å². The Bertz CT molecular complexity index is 568. The molecule has 4 nitrogen and oxygen atoms in total. The van der Waals surface area contributed by atoms with Crippen LogP contribution in [0.3, 0.4) is 0 Å². The van der Waals surface area contributed by atoms with Gasteiger partial charge in [0.05, 0.1) is 7.11 Å². The Kier molecular flexibility index (Phi) is 4.02. The monoisotopic (exact) mass is 258 g/mol. The van der Waals surface area contributed by atoms with Crippen LogP contribution in [-0.2, 0) is 0 Å². The highest BCUT2D eigenvalue weighted by atomic mass is 16.5. The van der Waals surface area contributed by atoms with Crippen LogP contribution < -0.4 is 15.2 Å². The van der Waals surface area contributed by atoms with E-state index < -0.39 is 0 Å². The lowest BCUT2D eigenvalue weighted by Gasteiger charge is -2.14. The van der Waals surface area contributed by atoms with Crippen molar-refractivity contribution in [2.24, 2.45) is 5.73 Å². The number of hydrogen-bond donors (Lipinski definition) is 1. The maximum atomic E-state index is 5.91. The van der Waals surface area contributed by atoms with Crippen LogP contribution in [0.1, 0.15) is 24.1 Å². The smallest absolute Gasteiger partial charge is 0.224 e. The fourth-order valence-electron chi connectivity index (χ4n) is 1.80. The molecule has 0 aliphatic carbocycles. The van der Waals surface area contributed by atoms with Crippen LogP contribution in [0.5, 0.6) is 17.4 Å². The van der Waals surface area contributed by atoms with Crippen LogP contribution in [0.15, 0.2) is 36.5 Å². The quantitative estimate of drug-likeness (QED) is 0.914. The van der Waals surface area contributed by atoms with Gasteiger partial charge in [-0.2, -0.15) is 0 Å². The second-order valence-electron chi connectivity index (χ2n) is 4.44. The molecule has 1 heterocycles. The number of aromatic nitrogens is 1. The maximum absolute atomic E-state index is 5.91. The molecular weight excluding hydrogens is 240 g/mol. The Morgan fingerprint density at radius 3 is 2.68 bits per heavy atom. The fraction of sp³-hybridized carbons (Fsp3) is 0.267. The SMILES string of the molecule is COc1cc(C)ccc1Oc1ncccc1[C@@H](C)N. The van der Waals surface area contributed by atoms with Gasteiger partial charge in [-0.1, -0.05) is 12.1 Å². The summed E-state index contributed by atoms with van der Waals surface area (Å²) in [5.74, 6) is 1.83. The summed E-state index contributed by atoms with van der Waals surface area (Å²) >= 11 is 0. The van der Waals surface area contributed by atoms with Gasteiger partial charge in [0.15, 0.2) is 11.5 Å². The molecule has 1 atom stereocenters. The minimum absolute atomic E-state index is 0.139. The zero-order valence-electron chi connectivity index (χ0n) is 11.4. The Balaban J connectivity index is 2.36. The van der Waals surface area contributed by atoms with Crippen molar-refractivity contribution in [3.63, 3.8) is 0 Å². The van der Waals surface area contributed by atoms with E-state index >= 15 is 0 Å². The van der Waals surface area contributed by atoms with Gasteiger partial charge in [-0.05, 0) is 37.6 Å². The number of benzene rings is 1. The Hall–Kier alpha value is -2.07. The first kappa shape index (κ1) is 13.4. The Labute approximate surface area is 113 Å². The molecule has 1 aromatic carbocycles. The largest absolute Gasteiger partial charge is 0.493 e. The minimum atomic E-state index is -0.139. The third-order valence-electron chi connectivity index (χ3n) is 2.82. The topological polar surface area (TPSA) is 57.4 Å². The van der Waals surface area contributed by atoms with E-state index in [4.69, 9.17) is 15.2 Å². The molecule has 0 aliphatic heterocycles. The molecule has 0 saturated heterocycles. The number of pyridine rings is 1. The number of aryl methyl sites for hydroxylation is 1. The number of methoxy groups -OCH3 is 1. The second kappa shape index (κ2) is 5.71. The normalized spacial score (nSPS) is 12.0. The van der Waals surface area contributed by atoms with Crippen molar-refractivity contribution in [2.45, 2.75) is 19.9 Å². The molecular formula is C15H18N2O2. The number of rotatable bonds is 4. The van der Waals surface area contributed by atoms with Crippen molar-refractivity contribution in [1.82, 2.24) is 4.98 Å². The van der Waals surface area contributed by atoms with Gasteiger partial charge in [-0.15, -0.1) is 0 Å². The molecule has 0 aliphatic rings. The molecule has 0 radical (unpaired) electrons. The first-order valence-corrected chi connectivity index (χ1v) is 6.15. The molecule has 0 fully saturated rings. The van der Waals surface area contributed by atoms with Crippen molar-refractivity contribution < 1.29 is 9.47 Å². The predicted octanol–water partition coefficient (Wildman–Crippen LogP) is 3.21. The summed E-state index contributed by atoms with van der Waals surface area (Å²) in [6.45, 7) is 3.90. The fourth-order valence-corrected chi connectivity index (χ4v) is 1.80. The molecule has 0 amide bonds. The van der Waals surface area contributed by atoms with E-state index in [1.54, 1.807) is 13.3 Å². The van der Waals surface area contributed by atoms with Gasteiger partial charge in [0.1, 0.15) is 0 Å². The summed E-state index contributed by atoms with van der Waals surface area (Å²) in [7, 11) is 1.62. The summed E-state index contributed by atoms with van der Waals surface area (Å²) in [5.41, 5.74) is 7.89. The lowest BCUT2D eigenvalue weighted by molar-refractivity contribution is 0.371. The van der Waals surface area contributed by atoms with Crippen LogP contribution >= 0.6 is 0 Å². The summed E-state index contributed by atoms with van der Waals surface area (Å²) in [4.78, 5) is 4.24. The van der Waals surface area contributed by atoms with Crippen LogP contribution in [0.25, 0.3) is 0 Å². The molecule has 1 aromatic heterocycles. The highest BCUT2D eigenvalue weighted by molar-refractivity contribution is 5.45. The number of nitrogens with two attached hydrogens (primary N) is 1. The molecule has 0 saturated carbocycles. The zero-order valence-corrected chi connectivity index (χ0v) is 11.4. The van der Waals surface area contributed by atoms with Crippen molar-refractivity contribution >= 4 is 0 Å². The van der Waals surface area contributed by atoms with Gasteiger partial charge in [0, 0.05) is 17.8 Å². The van der Waals surface area contributed by atoms with Gasteiger partial charge in [-0.3, -0.25) is 0 Å². The van der Waals surface area contributed by atoms with Gasteiger partial charge in [0.25, 0.3) is 0 Å². The third-order valence-corrected chi connectivity index (χ3v) is 2.82. The van der Waals surface area contributed by atoms with Crippen molar-refractivity contribution in [2.75, 3.05) is 7.11 Å². The third kappa shape index (κ3) is 3.03. The van der Waals surface area contributed by atoms with E-state index in [1.807, 2.05) is 44.2 Å². The molecule has 4 heteroatoms. The first-order chi connectivity index (χ1) is 9.11. The average molecular weight is 258 g/mol. The van der Waals surface area contributed by atoms with Crippen LogP contribution in [0, 0.1) is 6.92 Å². The number of ether oxygens (including phenoxy) is 2. The molecule has 19 heavy (non-hydrogen) atoms. The molecule has 0 unspecified atom stereocenters. The standard InChI is InChI=1S/C15H18N2O2/c1-10-6-7-13(14(9-10)18-3)19-15-12(11(2)16)5-4-8-17-15/h4-9,11H,16H2,1-3H3/t11-/m1/s1.